The molecule has 5 aromatic rings. The molecule has 1 atom stereocenters. The van der Waals surface area contributed by atoms with E-state index in [9.17, 15) is 14.7 Å². The van der Waals surface area contributed by atoms with Gasteiger partial charge in [-0.15, -0.1) is 11.6 Å². The van der Waals surface area contributed by atoms with Gasteiger partial charge in [0.2, 0.25) is 0 Å². The second kappa shape index (κ2) is 9.79. The molecule has 39 heavy (non-hydrogen) atoms. The van der Waals surface area contributed by atoms with Gasteiger partial charge in [-0.05, 0) is 58.8 Å². The maximum atomic E-state index is 13.7. The number of hydrogen-bond donors (Lipinski definition) is 3. The van der Waals surface area contributed by atoms with Gasteiger partial charge in [0.25, 0.3) is 11.8 Å². The summed E-state index contributed by atoms with van der Waals surface area (Å²) in [4.78, 5) is 31.4. The van der Waals surface area contributed by atoms with Crippen molar-refractivity contribution < 1.29 is 14.7 Å². The number of nitrogens with zero attached hydrogens (tertiary/aromatic N) is 1. The standard InChI is InChI=1S/C32H28ClN3O3/c1-18(2)19-7-9-20(10-8-19)31(38)34-23-11-12-26-21(13-23)14-27(35-26)32(39)36-17-22(16-33)30-25-6-4-3-5-24(25)29(37)15-28(30)36/h3-15,18,22,35,37H,16-17H2,1-2H3,(H,34,38)/t22-/m1/s1. The number of alkyl halides is 1. The highest BCUT2D eigenvalue weighted by molar-refractivity contribution is 6.19. The minimum Gasteiger partial charge on any atom is -0.507 e. The molecule has 196 valence electrons. The van der Waals surface area contributed by atoms with Crippen LogP contribution in [0.2, 0.25) is 0 Å². The summed E-state index contributed by atoms with van der Waals surface area (Å²) in [5.74, 6) is 0.455. The molecule has 0 bridgehead atoms. The minimum atomic E-state index is -0.203. The first-order valence-corrected chi connectivity index (χ1v) is 13.5. The molecule has 0 fully saturated rings. The van der Waals surface area contributed by atoms with E-state index in [2.05, 4.69) is 24.1 Å². The molecule has 6 nitrogen and oxygen atoms in total. The molecular formula is C32H28ClN3O3. The van der Waals surface area contributed by atoms with Crippen molar-refractivity contribution in [1.29, 1.82) is 0 Å². The van der Waals surface area contributed by atoms with Crippen LogP contribution in [0.25, 0.3) is 21.7 Å². The lowest BCUT2D eigenvalue weighted by Gasteiger charge is -2.17. The number of fused-ring (bicyclic) bond motifs is 4. The molecule has 2 heterocycles. The number of rotatable bonds is 5. The maximum absolute atomic E-state index is 13.7. The van der Waals surface area contributed by atoms with Gasteiger partial charge in [0.1, 0.15) is 11.4 Å². The number of aromatic nitrogens is 1. The summed E-state index contributed by atoms with van der Waals surface area (Å²) in [7, 11) is 0. The van der Waals surface area contributed by atoms with Gasteiger partial charge < -0.3 is 20.3 Å². The van der Waals surface area contributed by atoms with Crippen molar-refractivity contribution in [2.45, 2.75) is 25.7 Å². The second-order valence-corrected chi connectivity index (χ2v) is 10.7. The highest BCUT2D eigenvalue weighted by atomic mass is 35.5. The number of amides is 2. The van der Waals surface area contributed by atoms with Crippen LogP contribution >= 0.6 is 11.6 Å². The number of H-pyrrole nitrogens is 1. The Morgan fingerprint density at radius 3 is 2.49 bits per heavy atom. The summed E-state index contributed by atoms with van der Waals surface area (Å²) in [6, 6.07) is 24.2. The first-order chi connectivity index (χ1) is 18.8. The Labute approximate surface area is 231 Å². The lowest BCUT2D eigenvalue weighted by Crippen LogP contribution is -2.30. The smallest absolute Gasteiger partial charge is 0.274 e. The van der Waals surface area contributed by atoms with E-state index in [0.717, 1.165) is 27.2 Å². The van der Waals surface area contributed by atoms with Crippen LogP contribution in [0.3, 0.4) is 0 Å². The van der Waals surface area contributed by atoms with Crippen LogP contribution in [0.15, 0.2) is 78.9 Å². The lowest BCUT2D eigenvalue weighted by molar-refractivity contribution is 0.0983. The number of carbonyl (C=O) groups excluding carboxylic acids is 2. The molecule has 3 N–H and O–H groups in total. The van der Waals surface area contributed by atoms with Crippen LogP contribution in [-0.4, -0.2) is 34.3 Å². The summed E-state index contributed by atoms with van der Waals surface area (Å²) in [5, 5.41) is 16.1. The molecule has 6 rings (SSSR count). The van der Waals surface area contributed by atoms with Gasteiger partial charge in [-0.1, -0.05) is 50.2 Å². The fraction of sp³-hybridized carbons (Fsp3) is 0.188. The van der Waals surface area contributed by atoms with Gasteiger partial charge >= 0.3 is 0 Å². The number of halogens is 1. The van der Waals surface area contributed by atoms with Crippen LogP contribution in [0, 0.1) is 0 Å². The second-order valence-electron chi connectivity index (χ2n) is 10.4. The van der Waals surface area contributed by atoms with Crippen molar-refractivity contribution in [3.63, 3.8) is 0 Å². The Morgan fingerprint density at radius 2 is 1.77 bits per heavy atom. The van der Waals surface area contributed by atoms with E-state index in [1.54, 1.807) is 17.0 Å². The van der Waals surface area contributed by atoms with Crippen LogP contribution in [0.4, 0.5) is 11.4 Å². The molecule has 0 saturated carbocycles. The zero-order valence-corrected chi connectivity index (χ0v) is 22.4. The van der Waals surface area contributed by atoms with Gasteiger partial charge in [0.05, 0.1) is 5.69 Å². The van der Waals surface area contributed by atoms with Crippen molar-refractivity contribution in [3.8, 4) is 5.75 Å². The monoisotopic (exact) mass is 537 g/mol. The van der Waals surface area contributed by atoms with Crippen molar-refractivity contribution in [1.82, 2.24) is 4.98 Å². The number of nitrogens with one attached hydrogen (secondary N) is 2. The van der Waals surface area contributed by atoms with E-state index >= 15 is 0 Å². The molecule has 0 radical (unpaired) electrons. The number of phenolic OH excluding ortho intramolecular Hbond substituents is 1. The van der Waals surface area contributed by atoms with Crippen molar-refractivity contribution in [2.24, 2.45) is 0 Å². The van der Waals surface area contributed by atoms with Gasteiger partial charge in [-0.3, -0.25) is 9.59 Å². The van der Waals surface area contributed by atoms with Crippen LogP contribution in [0.5, 0.6) is 5.75 Å². The van der Waals surface area contributed by atoms with Gasteiger partial charge in [0, 0.05) is 51.9 Å². The number of benzene rings is 4. The van der Waals surface area contributed by atoms with Gasteiger partial charge in [-0.2, -0.15) is 0 Å². The summed E-state index contributed by atoms with van der Waals surface area (Å²) < 4.78 is 0. The van der Waals surface area contributed by atoms with E-state index in [0.29, 0.717) is 41.0 Å². The van der Waals surface area contributed by atoms with Crippen LogP contribution < -0.4 is 10.2 Å². The fourth-order valence-electron chi connectivity index (χ4n) is 5.44. The Morgan fingerprint density at radius 1 is 1.03 bits per heavy atom. The minimum absolute atomic E-state index is 0.0445. The number of hydrogen-bond acceptors (Lipinski definition) is 3. The number of anilines is 2. The van der Waals surface area contributed by atoms with Crippen LogP contribution in [-0.2, 0) is 0 Å². The third-order valence-corrected chi connectivity index (χ3v) is 7.90. The normalized spacial score (nSPS) is 14.8. The van der Waals surface area contributed by atoms with Crippen molar-refractivity contribution >= 4 is 56.5 Å². The molecule has 1 aromatic heterocycles. The quantitative estimate of drug-likeness (QED) is 0.204. The van der Waals surface area contributed by atoms with E-state index in [-0.39, 0.29) is 23.5 Å². The van der Waals surface area contributed by atoms with E-state index in [1.807, 2.05) is 66.7 Å². The van der Waals surface area contributed by atoms with Gasteiger partial charge in [0.15, 0.2) is 0 Å². The van der Waals surface area contributed by atoms with Crippen LogP contribution in [0.1, 0.15) is 57.7 Å². The molecule has 4 aromatic carbocycles. The van der Waals surface area contributed by atoms with E-state index in [1.165, 1.54) is 5.56 Å². The Hall–Kier alpha value is -4.29. The molecule has 0 aliphatic carbocycles. The molecule has 2 amide bonds. The molecule has 1 aliphatic heterocycles. The van der Waals surface area contributed by atoms with E-state index < -0.39 is 0 Å². The number of phenols is 1. The third-order valence-electron chi connectivity index (χ3n) is 7.52. The summed E-state index contributed by atoms with van der Waals surface area (Å²) in [6.07, 6.45) is 0. The number of aromatic hydroxyl groups is 1. The number of aromatic amines is 1. The van der Waals surface area contributed by atoms with Crippen molar-refractivity contribution in [3.05, 3.63) is 101 Å². The average molecular weight is 538 g/mol. The summed E-state index contributed by atoms with van der Waals surface area (Å²) in [5.41, 5.74) is 5.27. The summed E-state index contributed by atoms with van der Waals surface area (Å²) >= 11 is 6.34. The summed E-state index contributed by atoms with van der Waals surface area (Å²) in [6.45, 7) is 4.66. The number of carbonyl (C=O) groups is 2. The highest BCUT2D eigenvalue weighted by Crippen LogP contribution is 2.45. The zero-order chi connectivity index (χ0) is 27.3. The third kappa shape index (κ3) is 4.41. The fourth-order valence-corrected chi connectivity index (χ4v) is 5.69. The predicted molar refractivity (Wildman–Crippen MR) is 158 cm³/mol. The maximum Gasteiger partial charge on any atom is 0.274 e. The topological polar surface area (TPSA) is 85.4 Å². The average Bonchev–Trinajstić information content (AvgIpc) is 3.54. The molecular weight excluding hydrogens is 510 g/mol. The van der Waals surface area contributed by atoms with E-state index in [4.69, 9.17) is 11.6 Å². The predicted octanol–water partition coefficient (Wildman–Crippen LogP) is 7.39. The van der Waals surface area contributed by atoms with Crippen molar-refractivity contribution in [2.75, 3.05) is 22.6 Å². The SMILES string of the molecule is CC(C)c1ccc(C(=O)Nc2ccc3[nH]c(C(=O)N4C[C@@H](CCl)c5c4cc(O)c4ccccc54)cc3c2)cc1. The lowest BCUT2D eigenvalue weighted by atomic mass is 9.95. The zero-order valence-electron chi connectivity index (χ0n) is 21.7. The largest absolute Gasteiger partial charge is 0.507 e. The van der Waals surface area contributed by atoms with Gasteiger partial charge in [-0.25, -0.2) is 0 Å². The first kappa shape index (κ1) is 25.0. The molecule has 0 spiro atoms. The Balaban J connectivity index is 1.28. The first-order valence-electron chi connectivity index (χ1n) is 13.0. The highest BCUT2D eigenvalue weighted by Gasteiger charge is 2.35. The molecule has 0 saturated heterocycles. The molecule has 1 aliphatic rings. The Kier molecular flexibility index (Phi) is 6.28. The molecule has 7 heteroatoms. The molecule has 0 unspecified atom stereocenters. The Bertz CT molecular complexity index is 1740.